The molecule has 2 aliphatic heterocycles. The van der Waals surface area contributed by atoms with E-state index in [4.69, 9.17) is 19.3 Å². The molecule has 8 atom stereocenters. The Morgan fingerprint density at radius 2 is 1.86 bits per heavy atom. The largest absolute Gasteiger partial charge is 0.481 e. The summed E-state index contributed by atoms with van der Waals surface area (Å²) >= 11 is 0. The Hall–Kier alpha value is -0.520. The molecule has 0 spiro atoms. The van der Waals surface area contributed by atoms with E-state index in [0.717, 1.165) is 40.9 Å². The fourth-order valence-corrected chi connectivity index (χ4v) is 6.51. The number of aliphatic carboxylic acids is 1. The van der Waals surface area contributed by atoms with E-state index >= 15 is 0 Å². The molecule has 3 fully saturated rings. The Balaban J connectivity index is 1.67. The van der Waals surface area contributed by atoms with Gasteiger partial charge in [0, 0.05) is 18.3 Å². The molecular formula is C19H30O8S2. The van der Waals surface area contributed by atoms with Crippen molar-refractivity contribution in [2.75, 3.05) is 11.5 Å². The molecule has 0 aromatic rings. The molecular weight excluding hydrogens is 420 g/mol. The van der Waals surface area contributed by atoms with Crippen LogP contribution in [0, 0.1) is 29.6 Å². The van der Waals surface area contributed by atoms with Crippen LogP contribution in [0.15, 0.2) is 0 Å². The highest BCUT2D eigenvalue weighted by Crippen LogP contribution is 2.53. The van der Waals surface area contributed by atoms with E-state index < -0.39 is 30.3 Å². The lowest BCUT2D eigenvalue weighted by atomic mass is 9.61. The molecule has 3 aliphatic rings. The van der Waals surface area contributed by atoms with Crippen molar-refractivity contribution in [3.05, 3.63) is 0 Å². The average Bonchev–Trinajstić information content (AvgIpc) is 2.82. The lowest BCUT2D eigenvalue weighted by Crippen LogP contribution is -2.55. The molecule has 8 nitrogen and oxygen atoms in total. The quantitative estimate of drug-likeness (QED) is 0.196. The fourth-order valence-electron chi connectivity index (χ4n) is 4.99. The Labute approximate surface area is 178 Å². The molecule has 3 rings (SSSR count). The van der Waals surface area contributed by atoms with Crippen molar-refractivity contribution in [3.8, 4) is 0 Å². The number of carboxylic acids is 1. The third-order valence-electron chi connectivity index (χ3n) is 6.54. The summed E-state index contributed by atoms with van der Waals surface area (Å²) in [6.45, 7) is 6.00. The van der Waals surface area contributed by atoms with E-state index in [2.05, 4.69) is 11.8 Å². The van der Waals surface area contributed by atoms with Gasteiger partial charge in [0.25, 0.3) is 0 Å². The van der Waals surface area contributed by atoms with Gasteiger partial charge in [0.2, 0.25) is 12.1 Å². The van der Waals surface area contributed by atoms with Crippen molar-refractivity contribution >= 4 is 33.5 Å². The van der Waals surface area contributed by atoms with Crippen molar-refractivity contribution in [2.45, 2.75) is 64.8 Å². The average molecular weight is 451 g/mol. The van der Waals surface area contributed by atoms with Gasteiger partial charge in [-0.25, -0.2) is 10.1 Å². The molecule has 29 heavy (non-hydrogen) atoms. The van der Waals surface area contributed by atoms with Crippen LogP contribution in [0.1, 0.15) is 46.5 Å². The second kappa shape index (κ2) is 9.74. The summed E-state index contributed by atoms with van der Waals surface area (Å²) in [5.74, 6) is -1.14. The summed E-state index contributed by atoms with van der Waals surface area (Å²) in [5.41, 5.74) is 0. The zero-order valence-electron chi connectivity index (χ0n) is 16.9. The zero-order chi connectivity index (χ0) is 21.2. The number of carboxylic acid groups (broad SMARTS) is 1. The number of hydrogen-bond donors (Lipinski definition) is 2. The minimum atomic E-state index is -1.15. The highest BCUT2D eigenvalue weighted by atomic mass is 33.1. The number of ether oxygens (including phenoxy) is 3. The second-order valence-electron chi connectivity index (χ2n) is 8.48. The molecule has 166 valence electrons. The second-order valence-corrected chi connectivity index (χ2v) is 10.9. The smallest absolute Gasteiger partial charge is 0.319 e. The molecule has 2 N–H and O–H groups in total. The van der Waals surface area contributed by atoms with Crippen molar-refractivity contribution < 1.29 is 39.1 Å². The molecule has 2 heterocycles. The van der Waals surface area contributed by atoms with Crippen molar-refractivity contribution in [2.24, 2.45) is 29.6 Å². The minimum absolute atomic E-state index is 0.0230. The standard InChI is InChI=1S/C19H30O8S2/c1-10-4-5-13-11(2)17(24-15(22)9-29-28-8-14(20)21)25-18-16(13)12(10)6-7-19(3,26-18)27-23/h10-13,16-18,23H,4-9H2,1-3H3,(H,20,21)/t10-,11-,12+,13+,16?,17+,18-,19?/m1/s1. The van der Waals surface area contributed by atoms with Gasteiger partial charge in [-0.3, -0.25) is 9.59 Å². The van der Waals surface area contributed by atoms with Crippen LogP contribution in [0.3, 0.4) is 0 Å². The van der Waals surface area contributed by atoms with Gasteiger partial charge in [0.05, 0.1) is 0 Å². The number of carbonyl (C=O) groups is 2. The molecule has 0 bridgehead atoms. The van der Waals surface area contributed by atoms with E-state index in [9.17, 15) is 14.8 Å². The van der Waals surface area contributed by atoms with Gasteiger partial charge in [-0.1, -0.05) is 41.9 Å². The summed E-state index contributed by atoms with van der Waals surface area (Å²) in [6, 6.07) is 0. The van der Waals surface area contributed by atoms with Crippen LogP contribution in [-0.4, -0.2) is 52.2 Å². The van der Waals surface area contributed by atoms with Crippen LogP contribution in [0.2, 0.25) is 0 Å². The van der Waals surface area contributed by atoms with Gasteiger partial charge in [-0.2, -0.15) is 0 Å². The maximum absolute atomic E-state index is 12.2. The number of carbonyl (C=O) groups excluding carboxylic acids is 1. The maximum atomic E-state index is 12.2. The van der Waals surface area contributed by atoms with E-state index in [1.807, 2.05) is 6.92 Å². The van der Waals surface area contributed by atoms with Crippen LogP contribution in [0.4, 0.5) is 0 Å². The van der Waals surface area contributed by atoms with E-state index in [1.54, 1.807) is 6.92 Å². The summed E-state index contributed by atoms with van der Waals surface area (Å²) in [6.07, 6.45) is 2.21. The Bertz CT molecular complexity index is 605. The van der Waals surface area contributed by atoms with Crippen LogP contribution in [0.25, 0.3) is 0 Å². The maximum Gasteiger partial charge on any atom is 0.319 e. The summed E-state index contributed by atoms with van der Waals surface area (Å²) < 4.78 is 17.8. The van der Waals surface area contributed by atoms with E-state index in [0.29, 0.717) is 24.2 Å². The van der Waals surface area contributed by atoms with E-state index in [-0.39, 0.29) is 23.3 Å². The predicted molar refractivity (Wildman–Crippen MR) is 108 cm³/mol. The number of rotatable bonds is 7. The normalized spacial score (nSPS) is 41.9. The Morgan fingerprint density at radius 3 is 2.55 bits per heavy atom. The lowest BCUT2D eigenvalue weighted by Gasteiger charge is -2.51. The molecule has 0 radical (unpaired) electrons. The monoisotopic (exact) mass is 450 g/mol. The summed E-state index contributed by atoms with van der Waals surface area (Å²) in [7, 11) is 2.25. The first-order chi connectivity index (χ1) is 13.7. The van der Waals surface area contributed by atoms with Crippen LogP contribution < -0.4 is 0 Å². The molecule has 1 aliphatic carbocycles. The minimum Gasteiger partial charge on any atom is -0.481 e. The Kier molecular flexibility index (Phi) is 7.77. The molecule has 0 aromatic heterocycles. The first kappa shape index (κ1) is 23.1. The Morgan fingerprint density at radius 1 is 1.14 bits per heavy atom. The highest BCUT2D eigenvalue weighted by molar-refractivity contribution is 8.77. The van der Waals surface area contributed by atoms with Gasteiger partial charge in [-0.05, 0) is 37.5 Å². The first-order valence-electron chi connectivity index (χ1n) is 10.1. The van der Waals surface area contributed by atoms with Gasteiger partial charge >= 0.3 is 11.9 Å². The lowest BCUT2D eigenvalue weighted by molar-refractivity contribution is -0.442. The first-order valence-corrected chi connectivity index (χ1v) is 12.5. The van der Waals surface area contributed by atoms with Gasteiger partial charge in [0.15, 0.2) is 6.29 Å². The zero-order valence-corrected chi connectivity index (χ0v) is 18.6. The van der Waals surface area contributed by atoms with Crippen molar-refractivity contribution in [1.82, 2.24) is 0 Å². The third kappa shape index (κ3) is 5.40. The highest BCUT2D eigenvalue weighted by Gasteiger charge is 2.55. The SMILES string of the molecule is C[C@H]1[C@@H](OC(=O)CSSCC(=O)O)O[C@@H]2OC(C)(OO)CC[C@@H]3C2[C@H]1CC[C@H]3C. The van der Waals surface area contributed by atoms with Crippen molar-refractivity contribution in [3.63, 3.8) is 0 Å². The van der Waals surface area contributed by atoms with Crippen LogP contribution >= 0.6 is 21.6 Å². The molecule has 0 amide bonds. The molecule has 1 saturated carbocycles. The summed E-state index contributed by atoms with van der Waals surface area (Å²) in [4.78, 5) is 27.5. The topological polar surface area (TPSA) is 112 Å². The third-order valence-corrected chi connectivity index (χ3v) is 8.63. The van der Waals surface area contributed by atoms with Crippen molar-refractivity contribution in [1.29, 1.82) is 0 Å². The van der Waals surface area contributed by atoms with Crippen LogP contribution in [0.5, 0.6) is 0 Å². The van der Waals surface area contributed by atoms with Gasteiger partial charge < -0.3 is 19.3 Å². The van der Waals surface area contributed by atoms with Gasteiger partial charge in [-0.15, -0.1) is 0 Å². The fraction of sp³-hybridized carbons (Fsp3) is 0.895. The molecule has 2 unspecified atom stereocenters. The molecule has 0 aromatic carbocycles. The molecule has 10 heteroatoms. The van der Waals surface area contributed by atoms with E-state index in [1.165, 1.54) is 0 Å². The van der Waals surface area contributed by atoms with Crippen LogP contribution in [-0.2, 0) is 28.7 Å². The number of hydrogen-bond acceptors (Lipinski definition) is 9. The number of esters is 1. The predicted octanol–water partition coefficient (Wildman–Crippen LogP) is 3.61. The molecule has 2 saturated heterocycles. The summed E-state index contributed by atoms with van der Waals surface area (Å²) in [5, 5.41) is 18.0. The van der Waals surface area contributed by atoms with Gasteiger partial charge in [0.1, 0.15) is 11.5 Å².